The van der Waals surface area contributed by atoms with E-state index in [0.717, 1.165) is 22.2 Å². The second-order valence-corrected chi connectivity index (χ2v) is 4.90. The molecule has 1 aromatic heterocycles. The average Bonchev–Trinajstić information content (AvgIpc) is 2.85. The van der Waals surface area contributed by atoms with E-state index >= 15 is 0 Å². The first-order valence-electron chi connectivity index (χ1n) is 7.03. The van der Waals surface area contributed by atoms with E-state index in [2.05, 4.69) is 10.3 Å². The first-order chi connectivity index (χ1) is 10.1. The number of carbonyl (C=O) groups excluding carboxylic acids is 2. The van der Waals surface area contributed by atoms with Gasteiger partial charge >= 0.3 is 0 Å². The van der Waals surface area contributed by atoms with Crippen molar-refractivity contribution < 1.29 is 14.3 Å². The van der Waals surface area contributed by atoms with E-state index in [1.54, 1.807) is 7.11 Å². The highest BCUT2D eigenvalue weighted by Gasteiger charge is 2.15. The minimum Gasteiger partial charge on any atom is -0.497 e. The van der Waals surface area contributed by atoms with Crippen LogP contribution in [-0.2, 0) is 11.2 Å². The van der Waals surface area contributed by atoms with Gasteiger partial charge in [-0.05, 0) is 30.2 Å². The van der Waals surface area contributed by atoms with Crippen molar-refractivity contribution in [1.82, 2.24) is 10.3 Å². The number of hydrogen-bond acceptors (Lipinski definition) is 3. The summed E-state index contributed by atoms with van der Waals surface area (Å²) < 4.78 is 5.24. The third-order valence-corrected chi connectivity index (χ3v) is 3.48. The topological polar surface area (TPSA) is 71.2 Å². The molecular weight excluding hydrogens is 268 g/mol. The molecule has 0 unspecified atom stereocenters. The molecule has 2 N–H and O–H groups in total. The lowest BCUT2D eigenvalue weighted by atomic mass is 10.1. The highest BCUT2D eigenvalue weighted by atomic mass is 16.5. The number of methoxy groups -OCH3 is 1. The molecule has 112 valence electrons. The first-order valence-corrected chi connectivity index (χ1v) is 7.03. The van der Waals surface area contributed by atoms with Crippen LogP contribution in [-0.4, -0.2) is 30.3 Å². The van der Waals surface area contributed by atoms with Crippen molar-refractivity contribution in [1.29, 1.82) is 0 Å². The number of fused-ring (bicyclic) bond motifs is 1. The molecule has 0 spiro atoms. The minimum absolute atomic E-state index is 0.0109. The van der Waals surface area contributed by atoms with Crippen LogP contribution in [0.15, 0.2) is 18.2 Å². The average molecular weight is 288 g/mol. The van der Waals surface area contributed by atoms with Crippen LogP contribution in [0.5, 0.6) is 5.75 Å². The number of carbonyl (C=O) groups is 2. The van der Waals surface area contributed by atoms with E-state index in [-0.39, 0.29) is 11.7 Å². The second kappa shape index (κ2) is 6.43. The second-order valence-electron chi connectivity index (χ2n) is 4.90. The van der Waals surface area contributed by atoms with Crippen LogP contribution in [0.1, 0.15) is 36.3 Å². The molecule has 0 aliphatic rings. The molecule has 0 atom stereocenters. The minimum atomic E-state index is -0.0121. The molecule has 0 fully saturated rings. The largest absolute Gasteiger partial charge is 0.497 e. The van der Waals surface area contributed by atoms with Crippen molar-refractivity contribution in [2.45, 2.75) is 26.7 Å². The fourth-order valence-electron chi connectivity index (χ4n) is 2.37. The van der Waals surface area contributed by atoms with Crippen LogP contribution >= 0.6 is 0 Å². The van der Waals surface area contributed by atoms with Gasteiger partial charge in [-0.1, -0.05) is 6.92 Å². The molecule has 1 aromatic carbocycles. The molecule has 2 aromatic rings. The van der Waals surface area contributed by atoms with Gasteiger partial charge in [-0.25, -0.2) is 0 Å². The summed E-state index contributed by atoms with van der Waals surface area (Å²) in [5, 5.41) is 3.80. The van der Waals surface area contributed by atoms with Crippen LogP contribution < -0.4 is 10.1 Å². The molecule has 0 aliphatic heterocycles. The van der Waals surface area contributed by atoms with E-state index in [9.17, 15) is 9.59 Å². The van der Waals surface area contributed by atoms with E-state index < -0.39 is 0 Å². The van der Waals surface area contributed by atoms with Gasteiger partial charge in [0.15, 0.2) is 5.78 Å². The number of rotatable bonds is 6. The number of Topliss-reactive ketones (excluding diaryl/α,β-unsaturated/α-hetero) is 1. The van der Waals surface area contributed by atoms with Crippen molar-refractivity contribution >= 4 is 22.6 Å². The van der Waals surface area contributed by atoms with Crippen molar-refractivity contribution in [3.63, 3.8) is 0 Å². The van der Waals surface area contributed by atoms with E-state index in [4.69, 9.17) is 4.74 Å². The summed E-state index contributed by atoms with van der Waals surface area (Å²) in [6.45, 7) is 3.86. The first kappa shape index (κ1) is 15.1. The molecule has 0 bridgehead atoms. The van der Waals surface area contributed by atoms with Gasteiger partial charge in [0, 0.05) is 30.8 Å². The number of ketones is 1. The molecule has 1 amide bonds. The summed E-state index contributed by atoms with van der Waals surface area (Å²) in [7, 11) is 1.61. The third kappa shape index (κ3) is 3.24. The fraction of sp³-hybridized carbons (Fsp3) is 0.375. The Morgan fingerprint density at radius 2 is 2.10 bits per heavy atom. The van der Waals surface area contributed by atoms with Gasteiger partial charge in [-0.2, -0.15) is 0 Å². The van der Waals surface area contributed by atoms with Gasteiger partial charge in [0.2, 0.25) is 5.91 Å². The number of aromatic nitrogens is 1. The Morgan fingerprint density at radius 1 is 1.33 bits per heavy atom. The van der Waals surface area contributed by atoms with Crippen LogP contribution in [0.2, 0.25) is 0 Å². The summed E-state index contributed by atoms with van der Waals surface area (Å²) in [5.41, 5.74) is 2.43. The summed E-state index contributed by atoms with van der Waals surface area (Å²) in [5.74, 6) is 0.745. The van der Waals surface area contributed by atoms with Gasteiger partial charge in [0.1, 0.15) is 5.75 Å². The van der Waals surface area contributed by atoms with Crippen LogP contribution in [0.4, 0.5) is 0 Å². The molecule has 0 radical (unpaired) electrons. The predicted molar refractivity (Wildman–Crippen MR) is 81.9 cm³/mol. The molecule has 5 heteroatoms. The number of amides is 1. The van der Waals surface area contributed by atoms with Crippen molar-refractivity contribution in [3.05, 3.63) is 29.5 Å². The standard InChI is InChI=1S/C16H20N2O3/c1-4-15(20)17-8-7-12-13-9-11(21-3)5-6-14(13)18-16(12)10(2)19/h5-6,9,18H,4,7-8H2,1-3H3,(H,17,20). The molecule has 21 heavy (non-hydrogen) atoms. The Labute approximate surface area is 123 Å². The van der Waals surface area contributed by atoms with Crippen LogP contribution in [0, 0.1) is 0 Å². The summed E-state index contributed by atoms with van der Waals surface area (Å²) in [6.07, 6.45) is 1.06. The molecular formula is C16H20N2O3. The van der Waals surface area contributed by atoms with Gasteiger partial charge < -0.3 is 15.0 Å². The Balaban J connectivity index is 2.35. The van der Waals surface area contributed by atoms with Gasteiger partial charge in [0.25, 0.3) is 0 Å². The highest BCUT2D eigenvalue weighted by Crippen LogP contribution is 2.27. The Hall–Kier alpha value is -2.30. The van der Waals surface area contributed by atoms with E-state index in [1.165, 1.54) is 6.92 Å². The Kier molecular flexibility index (Phi) is 4.62. The number of ether oxygens (including phenoxy) is 1. The van der Waals surface area contributed by atoms with Crippen molar-refractivity contribution in [2.75, 3.05) is 13.7 Å². The number of H-pyrrole nitrogens is 1. The molecule has 0 aliphatic carbocycles. The zero-order valence-corrected chi connectivity index (χ0v) is 12.6. The van der Waals surface area contributed by atoms with Crippen molar-refractivity contribution in [2.24, 2.45) is 0 Å². The lowest BCUT2D eigenvalue weighted by molar-refractivity contribution is -0.120. The van der Waals surface area contributed by atoms with Crippen LogP contribution in [0.3, 0.4) is 0 Å². The summed E-state index contributed by atoms with van der Waals surface area (Å²) in [4.78, 5) is 26.3. The quantitative estimate of drug-likeness (QED) is 0.802. The smallest absolute Gasteiger partial charge is 0.219 e. The zero-order chi connectivity index (χ0) is 15.4. The molecule has 0 saturated heterocycles. The third-order valence-electron chi connectivity index (χ3n) is 3.48. The van der Waals surface area contributed by atoms with E-state index in [1.807, 2.05) is 25.1 Å². The lowest BCUT2D eigenvalue weighted by Gasteiger charge is -2.05. The molecule has 5 nitrogen and oxygen atoms in total. The number of benzene rings is 1. The summed E-state index contributed by atoms with van der Waals surface area (Å²) in [6, 6.07) is 5.66. The van der Waals surface area contributed by atoms with E-state index in [0.29, 0.717) is 25.1 Å². The molecule has 0 saturated carbocycles. The predicted octanol–water partition coefficient (Wildman–Crippen LogP) is 2.45. The summed E-state index contributed by atoms with van der Waals surface area (Å²) >= 11 is 0. The zero-order valence-electron chi connectivity index (χ0n) is 12.6. The maximum Gasteiger partial charge on any atom is 0.219 e. The lowest BCUT2D eigenvalue weighted by Crippen LogP contribution is -2.24. The fourth-order valence-corrected chi connectivity index (χ4v) is 2.37. The Morgan fingerprint density at radius 3 is 2.71 bits per heavy atom. The number of aromatic amines is 1. The monoisotopic (exact) mass is 288 g/mol. The van der Waals surface area contributed by atoms with Crippen LogP contribution in [0.25, 0.3) is 10.9 Å². The van der Waals surface area contributed by atoms with Gasteiger partial charge in [-0.15, -0.1) is 0 Å². The SMILES string of the molecule is CCC(=O)NCCc1c(C(C)=O)[nH]c2ccc(OC)cc12. The maximum atomic E-state index is 11.8. The maximum absolute atomic E-state index is 11.8. The number of hydrogen-bond donors (Lipinski definition) is 2. The molecule has 1 heterocycles. The normalized spacial score (nSPS) is 10.6. The van der Waals surface area contributed by atoms with Gasteiger partial charge in [0.05, 0.1) is 12.8 Å². The van der Waals surface area contributed by atoms with Gasteiger partial charge in [-0.3, -0.25) is 9.59 Å². The van der Waals surface area contributed by atoms with Crippen molar-refractivity contribution in [3.8, 4) is 5.75 Å². The Bertz CT molecular complexity index is 673. The highest BCUT2D eigenvalue weighted by molar-refractivity contribution is 6.01. The molecule has 2 rings (SSSR count). The number of nitrogens with one attached hydrogen (secondary N) is 2.